The van der Waals surface area contributed by atoms with Crippen LogP contribution in [-0.2, 0) is 6.42 Å². The van der Waals surface area contributed by atoms with Crippen LogP contribution in [0.25, 0.3) is 11.3 Å². The summed E-state index contributed by atoms with van der Waals surface area (Å²) < 4.78 is 19.3. The van der Waals surface area contributed by atoms with Gasteiger partial charge in [0.1, 0.15) is 0 Å². The monoisotopic (exact) mass is 412 g/mol. The number of aromatic nitrogens is 2. The van der Waals surface area contributed by atoms with Gasteiger partial charge in [0, 0.05) is 5.56 Å². The van der Waals surface area contributed by atoms with Crippen molar-refractivity contribution < 1.29 is 9.13 Å². The minimum atomic E-state index is -0.360. The van der Waals surface area contributed by atoms with Crippen molar-refractivity contribution in [2.45, 2.75) is 84.5 Å². The molecule has 1 aliphatic carbocycles. The standard InChI is InChI=1S/C26H37FN2O/c1-3-5-6-7-8-20-9-11-21(12-10-20)13-15-23-16-17-25(29-28-23)22-14-18-26(30-4-2)24(27)19-22/h14,16-21H,3-13,15H2,1-2H3. The lowest BCUT2D eigenvalue weighted by Gasteiger charge is -2.28. The molecular formula is C26H37FN2O. The predicted molar refractivity (Wildman–Crippen MR) is 121 cm³/mol. The average molecular weight is 413 g/mol. The normalized spacial score (nSPS) is 19.0. The van der Waals surface area contributed by atoms with Gasteiger partial charge in [0.15, 0.2) is 11.6 Å². The fourth-order valence-corrected chi connectivity index (χ4v) is 4.60. The zero-order chi connectivity index (χ0) is 21.2. The number of benzene rings is 1. The maximum Gasteiger partial charge on any atom is 0.165 e. The Morgan fingerprint density at radius 3 is 2.30 bits per heavy atom. The molecule has 0 bridgehead atoms. The van der Waals surface area contributed by atoms with Crippen LogP contribution in [0.5, 0.6) is 5.75 Å². The van der Waals surface area contributed by atoms with Crippen molar-refractivity contribution in [3.8, 4) is 17.0 Å². The second kappa shape index (κ2) is 12.0. The molecule has 2 aromatic rings. The van der Waals surface area contributed by atoms with Crippen LogP contribution in [0.15, 0.2) is 30.3 Å². The molecule has 1 fully saturated rings. The van der Waals surface area contributed by atoms with Crippen LogP contribution in [0.4, 0.5) is 4.39 Å². The van der Waals surface area contributed by atoms with Crippen LogP contribution in [0.2, 0.25) is 0 Å². The van der Waals surface area contributed by atoms with Crippen LogP contribution in [-0.4, -0.2) is 16.8 Å². The number of halogens is 1. The molecule has 1 aromatic heterocycles. The molecule has 1 heterocycles. The van der Waals surface area contributed by atoms with Gasteiger partial charge in [0.25, 0.3) is 0 Å². The Morgan fingerprint density at radius 1 is 0.900 bits per heavy atom. The lowest BCUT2D eigenvalue weighted by Crippen LogP contribution is -2.15. The van der Waals surface area contributed by atoms with Crippen molar-refractivity contribution in [3.05, 3.63) is 41.8 Å². The van der Waals surface area contributed by atoms with Gasteiger partial charge in [-0.3, -0.25) is 0 Å². The van der Waals surface area contributed by atoms with E-state index >= 15 is 0 Å². The second-order valence-corrected chi connectivity index (χ2v) is 8.76. The number of aryl methyl sites for hydroxylation is 1. The molecule has 0 aliphatic heterocycles. The Kier molecular flexibility index (Phi) is 9.10. The van der Waals surface area contributed by atoms with Gasteiger partial charge in [-0.2, -0.15) is 10.2 Å². The van der Waals surface area contributed by atoms with E-state index in [-0.39, 0.29) is 11.6 Å². The number of hydrogen-bond donors (Lipinski definition) is 0. The van der Waals surface area contributed by atoms with E-state index in [1.165, 1.54) is 70.3 Å². The summed E-state index contributed by atoms with van der Waals surface area (Å²) in [6.45, 7) is 4.58. The van der Waals surface area contributed by atoms with E-state index in [0.29, 0.717) is 12.3 Å². The molecule has 1 saturated carbocycles. The van der Waals surface area contributed by atoms with Crippen molar-refractivity contribution in [3.63, 3.8) is 0 Å². The molecule has 0 atom stereocenters. The van der Waals surface area contributed by atoms with E-state index in [9.17, 15) is 4.39 Å². The molecule has 1 aliphatic rings. The van der Waals surface area contributed by atoms with Crippen molar-refractivity contribution in [1.29, 1.82) is 0 Å². The fraction of sp³-hybridized carbons (Fsp3) is 0.615. The number of nitrogens with zero attached hydrogens (tertiary/aromatic N) is 2. The van der Waals surface area contributed by atoms with E-state index < -0.39 is 0 Å². The molecule has 1 aromatic carbocycles. The summed E-state index contributed by atoms with van der Waals surface area (Å²) in [5.74, 6) is 1.72. The summed E-state index contributed by atoms with van der Waals surface area (Å²) >= 11 is 0. The van der Waals surface area contributed by atoms with E-state index in [2.05, 4.69) is 17.1 Å². The summed E-state index contributed by atoms with van der Waals surface area (Å²) in [5, 5.41) is 8.73. The lowest BCUT2D eigenvalue weighted by molar-refractivity contribution is 0.248. The van der Waals surface area contributed by atoms with Gasteiger partial charge in [0.05, 0.1) is 18.0 Å². The third-order valence-electron chi connectivity index (χ3n) is 6.49. The predicted octanol–water partition coefficient (Wildman–Crippen LogP) is 7.39. The zero-order valence-corrected chi connectivity index (χ0v) is 18.7. The Labute approximate surface area is 181 Å². The highest BCUT2D eigenvalue weighted by Gasteiger charge is 2.20. The molecule has 0 radical (unpaired) electrons. The average Bonchev–Trinajstić information content (AvgIpc) is 2.78. The van der Waals surface area contributed by atoms with E-state index in [4.69, 9.17) is 4.74 Å². The van der Waals surface area contributed by atoms with Gasteiger partial charge >= 0.3 is 0 Å². The van der Waals surface area contributed by atoms with Gasteiger partial charge in [-0.1, -0.05) is 64.7 Å². The molecule has 0 spiro atoms. The molecule has 164 valence electrons. The summed E-state index contributed by atoms with van der Waals surface area (Å²) in [5.41, 5.74) is 2.46. The highest BCUT2D eigenvalue weighted by molar-refractivity contribution is 5.59. The van der Waals surface area contributed by atoms with Gasteiger partial charge < -0.3 is 4.74 Å². The molecule has 4 heteroatoms. The molecule has 0 amide bonds. The maximum atomic E-state index is 14.1. The van der Waals surface area contributed by atoms with Gasteiger partial charge in [-0.25, -0.2) is 4.39 Å². The highest BCUT2D eigenvalue weighted by Crippen LogP contribution is 2.34. The maximum absolute atomic E-state index is 14.1. The SMILES string of the molecule is CCCCCCC1CCC(CCc2ccc(-c3ccc(OCC)c(F)c3)nn2)CC1. The minimum Gasteiger partial charge on any atom is -0.491 e. The first-order valence-corrected chi connectivity index (χ1v) is 11.9. The van der Waals surface area contributed by atoms with Crippen LogP contribution in [0.1, 0.15) is 83.7 Å². The number of ether oxygens (including phenoxy) is 1. The lowest BCUT2D eigenvalue weighted by atomic mass is 9.78. The summed E-state index contributed by atoms with van der Waals surface area (Å²) in [4.78, 5) is 0. The number of rotatable bonds is 11. The van der Waals surface area contributed by atoms with E-state index in [1.54, 1.807) is 6.07 Å². The van der Waals surface area contributed by atoms with Crippen LogP contribution < -0.4 is 4.74 Å². The van der Waals surface area contributed by atoms with Gasteiger partial charge in [-0.15, -0.1) is 0 Å². The van der Waals surface area contributed by atoms with Crippen molar-refractivity contribution in [2.75, 3.05) is 6.61 Å². The zero-order valence-electron chi connectivity index (χ0n) is 18.7. The van der Waals surface area contributed by atoms with Gasteiger partial charge in [0.2, 0.25) is 0 Å². The van der Waals surface area contributed by atoms with Crippen LogP contribution in [0, 0.1) is 17.7 Å². The van der Waals surface area contributed by atoms with Gasteiger partial charge in [-0.05, 0) is 61.9 Å². The molecule has 30 heavy (non-hydrogen) atoms. The highest BCUT2D eigenvalue weighted by atomic mass is 19.1. The second-order valence-electron chi connectivity index (χ2n) is 8.76. The van der Waals surface area contributed by atoms with Crippen molar-refractivity contribution in [1.82, 2.24) is 10.2 Å². The molecule has 3 rings (SSSR count). The molecule has 0 saturated heterocycles. The third-order valence-corrected chi connectivity index (χ3v) is 6.49. The molecule has 0 unspecified atom stereocenters. The summed E-state index contributed by atoms with van der Waals surface area (Å²) in [7, 11) is 0. The Bertz CT molecular complexity index is 754. The minimum absolute atomic E-state index is 0.279. The first-order valence-electron chi connectivity index (χ1n) is 11.9. The Hall–Kier alpha value is -1.97. The molecular weight excluding hydrogens is 375 g/mol. The van der Waals surface area contributed by atoms with Crippen LogP contribution in [0.3, 0.4) is 0 Å². The van der Waals surface area contributed by atoms with E-state index in [0.717, 1.165) is 29.5 Å². The number of unbranched alkanes of at least 4 members (excludes halogenated alkanes) is 3. The smallest absolute Gasteiger partial charge is 0.165 e. The third kappa shape index (κ3) is 6.78. The van der Waals surface area contributed by atoms with Crippen molar-refractivity contribution >= 4 is 0 Å². The quantitative estimate of drug-likeness (QED) is 0.361. The Balaban J connectivity index is 1.43. The summed E-state index contributed by atoms with van der Waals surface area (Å²) in [6.07, 6.45) is 14.7. The summed E-state index contributed by atoms with van der Waals surface area (Å²) in [6, 6.07) is 8.94. The first-order chi connectivity index (χ1) is 14.7. The number of hydrogen-bond acceptors (Lipinski definition) is 3. The first kappa shape index (κ1) is 22.7. The van der Waals surface area contributed by atoms with E-state index in [1.807, 2.05) is 25.1 Å². The topological polar surface area (TPSA) is 35.0 Å². The molecule has 3 nitrogen and oxygen atoms in total. The molecule has 0 N–H and O–H groups in total. The fourth-order valence-electron chi connectivity index (χ4n) is 4.60. The Morgan fingerprint density at radius 2 is 1.67 bits per heavy atom. The largest absolute Gasteiger partial charge is 0.491 e. The van der Waals surface area contributed by atoms with Crippen molar-refractivity contribution in [2.24, 2.45) is 11.8 Å². The van der Waals surface area contributed by atoms with Crippen LogP contribution >= 0.6 is 0 Å².